The van der Waals surface area contributed by atoms with Crippen LogP contribution in [0.2, 0.25) is 0 Å². The van der Waals surface area contributed by atoms with Crippen LogP contribution in [0.25, 0.3) is 10.9 Å². The Hall–Kier alpha value is -2.88. The van der Waals surface area contributed by atoms with Crippen LogP contribution >= 0.6 is 0 Å². The molecule has 4 rings (SSSR count). The summed E-state index contributed by atoms with van der Waals surface area (Å²) < 4.78 is 47.8. The largest absolute Gasteiger partial charge is 0.497 e. The molecule has 3 aromatic rings. The highest BCUT2D eigenvalue weighted by molar-refractivity contribution is 5.85. The number of halogens is 3. The van der Waals surface area contributed by atoms with E-state index in [2.05, 4.69) is 15.2 Å². The molecule has 0 aliphatic carbocycles. The van der Waals surface area contributed by atoms with Crippen molar-refractivity contribution >= 4 is 16.6 Å². The predicted molar refractivity (Wildman–Crippen MR) is 137 cm³/mol. The third kappa shape index (κ3) is 6.52. The summed E-state index contributed by atoms with van der Waals surface area (Å²) in [6.07, 6.45) is 2.38. The Labute approximate surface area is 215 Å². The lowest BCUT2D eigenvalue weighted by atomic mass is 9.74. The Balaban J connectivity index is 1.35. The molecule has 1 aliphatic heterocycles. The molecule has 0 saturated carbocycles. The van der Waals surface area contributed by atoms with Crippen LogP contribution in [0, 0.1) is 17.0 Å². The smallest absolute Gasteiger partial charge is 0.128 e. The number of alkyl halides is 1. The number of nitrogens with zero attached hydrogens (tertiary/aromatic N) is 2. The van der Waals surface area contributed by atoms with Crippen LogP contribution in [0.3, 0.4) is 0 Å². The molecule has 0 bridgehead atoms. The van der Waals surface area contributed by atoms with Crippen molar-refractivity contribution in [2.75, 3.05) is 45.2 Å². The normalized spacial score (nSPS) is 16.6. The van der Waals surface area contributed by atoms with Crippen LogP contribution < -0.4 is 10.1 Å². The Bertz CT molecular complexity index is 1180. The number of fused-ring (bicyclic) bond motifs is 1. The summed E-state index contributed by atoms with van der Waals surface area (Å²) in [4.78, 5) is 6.57. The summed E-state index contributed by atoms with van der Waals surface area (Å²) in [6.45, 7) is 2.38. The van der Waals surface area contributed by atoms with Crippen LogP contribution in [0.5, 0.6) is 5.75 Å². The van der Waals surface area contributed by atoms with E-state index in [1.54, 1.807) is 25.3 Å². The second-order valence-corrected chi connectivity index (χ2v) is 9.83. The number of hydrogen-bond donors (Lipinski definition) is 3. The Kier molecular flexibility index (Phi) is 8.89. The average molecular weight is 518 g/mol. The van der Waals surface area contributed by atoms with E-state index < -0.39 is 17.8 Å². The SMILES string of the molecule is COc1ccc2ncc(CO)c([C@H](F)CCC3(CO)CCN(CCNc4cc(F)cc(F)c4)CC3)c2c1. The minimum atomic E-state index is -1.32. The van der Waals surface area contributed by atoms with E-state index >= 15 is 4.39 Å². The quantitative estimate of drug-likeness (QED) is 0.333. The molecule has 1 aromatic heterocycles. The Morgan fingerprint density at radius 3 is 2.49 bits per heavy atom. The maximum absolute atomic E-state index is 15.7. The van der Waals surface area contributed by atoms with Crippen molar-refractivity contribution in [3.8, 4) is 5.75 Å². The first-order valence-electron chi connectivity index (χ1n) is 12.6. The molecule has 9 heteroatoms. The van der Waals surface area contributed by atoms with Gasteiger partial charge in [0.25, 0.3) is 0 Å². The van der Waals surface area contributed by atoms with Crippen LogP contribution in [-0.2, 0) is 6.61 Å². The lowest BCUT2D eigenvalue weighted by Gasteiger charge is -2.41. The van der Waals surface area contributed by atoms with Crippen LogP contribution in [0.15, 0.2) is 42.6 Å². The number of piperidine rings is 1. The highest BCUT2D eigenvalue weighted by Gasteiger charge is 2.35. The number of aromatic nitrogens is 1. The van der Waals surface area contributed by atoms with Gasteiger partial charge in [-0.1, -0.05) is 0 Å². The zero-order chi connectivity index (χ0) is 26.4. The van der Waals surface area contributed by atoms with Crippen molar-refractivity contribution in [1.29, 1.82) is 0 Å². The van der Waals surface area contributed by atoms with Crippen LogP contribution in [0.1, 0.15) is 43.0 Å². The summed E-state index contributed by atoms with van der Waals surface area (Å²) in [5.74, 6) is -0.650. The summed E-state index contributed by atoms with van der Waals surface area (Å²) >= 11 is 0. The Morgan fingerprint density at radius 2 is 1.84 bits per heavy atom. The predicted octanol–water partition coefficient (Wildman–Crippen LogP) is 4.99. The zero-order valence-corrected chi connectivity index (χ0v) is 21.0. The molecule has 37 heavy (non-hydrogen) atoms. The number of anilines is 1. The highest BCUT2D eigenvalue weighted by Crippen LogP contribution is 2.41. The molecular weight excluding hydrogens is 483 g/mol. The fourth-order valence-corrected chi connectivity index (χ4v) is 5.19. The molecule has 1 fully saturated rings. The number of aliphatic hydroxyl groups is 2. The minimum Gasteiger partial charge on any atom is -0.497 e. The first kappa shape index (κ1) is 27.2. The van der Waals surface area contributed by atoms with Crippen molar-refractivity contribution in [3.05, 3.63) is 65.4 Å². The van der Waals surface area contributed by atoms with Gasteiger partial charge in [-0.2, -0.15) is 0 Å². The molecule has 0 radical (unpaired) electrons. The van der Waals surface area contributed by atoms with E-state index in [-0.39, 0.29) is 25.0 Å². The number of benzene rings is 2. The fraction of sp³-hybridized carbons (Fsp3) is 0.464. The molecule has 1 atom stereocenters. The minimum absolute atomic E-state index is 0.0217. The number of ether oxygens (including phenoxy) is 1. The van der Waals surface area contributed by atoms with E-state index in [9.17, 15) is 19.0 Å². The monoisotopic (exact) mass is 517 g/mol. The molecule has 0 spiro atoms. The summed E-state index contributed by atoms with van der Waals surface area (Å²) in [5, 5.41) is 23.7. The number of hydrogen-bond acceptors (Lipinski definition) is 6. The van der Waals surface area contributed by atoms with Crippen molar-refractivity contribution in [2.24, 2.45) is 5.41 Å². The molecular formula is C28H34F3N3O3. The van der Waals surface area contributed by atoms with E-state index in [1.165, 1.54) is 18.3 Å². The Morgan fingerprint density at radius 1 is 1.11 bits per heavy atom. The van der Waals surface area contributed by atoms with Gasteiger partial charge < -0.3 is 25.2 Å². The van der Waals surface area contributed by atoms with Crippen LogP contribution in [-0.4, -0.2) is 60.0 Å². The van der Waals surface area contributed by atoms with Gasteiger partial charge >= 0.3 is 0 Å². The lowest BCUT2D eigenvalue weighted by Crippen LogP contribution is -2.43. The standard InChI is InChI=1S/C28H34F3N3O3/c1-37-23-2-3-26-24(15-23)27(19(17-35)16-33-26)25(31)4-5-28(18-36)6-9-34(10-7-28)11-8-32-22-13-20(29)12-21(30)14-22/h2-3,12-16,25,32,35-36H,4-11,17-18H2,1H3/t25-/m1/s1. The third-order valence-corrected chi connectivity index (χ3v) is 7.48. The van der Waals surface area contributed by atoms with Crippen molar-refractivity contribution in [1.82, 2.24) is 9.88 Å². The number of aliphatic hydroxyl groups excluding tert-OH is 2. The molecule has 200 valence electrons. The second-order valence-electron chi connectivity index (χ2n) is 9.83. The van der Waals surface area contributed by atoms with Gasteiger partial charge in [0.2, 0.25) is 0 Å². The van der Waals surface area contributed by atoms with E-state index in [4.69, 9.17) is 4.74 Å². The lowest BCUT2D eigenvalue weighted by molar-refractivity contribution is 0.0315. The second kappa shape index (κ2) is 12.1. The first-order chi connectivity index (χ1) is 17.9. The summed E-state index contributed by atoms with van der Waals surface area (Å²) in [7, 11) is 1.55. The highest BCUT2D eigenvalue weighted by atomic mass is 19.1. The molecule has 0 amide bonds. The van der Waals surface area contributed by atoms with Gasteiger partial charge in [0.05, 0.1) is 19.2 Å². The maximum atomic E-state index is 15.7. The summed E-state index contributed by atoms with van der Waals surface area (Å²) in [6, 6.07) is 8.64. The van der Waals surface area contributed by atoms with Crippen molar-refractivity contribution in [3.63, 3.8) is 0 Å². The van der Waals surface area contributed by atoms with Gasteiger partial charge in [-0.25, -0.2) is 13.2 Å². The molecule has 2 heterocycles. The fourth-order valence-electron chi connectivity index (χ4n) is 5.19. The summed E-state index contributed by atoms with van der Waals surface area (Å²) in [5.41, 5.74) is 1.54. The van der Waals surface area contributed by atoms with Gasteiger partial charge in [0.15, 0.2) is 0 Å². The number of likely N-dealkylation sites (tertiary alicyclic amines) is 1. The van der Waals surface area contributed by atoms with E-state index in [0.29, 0.717) is 53.0 Å². The maximum Gasteiger partial charge on any atom is 0.128 e. The first-order valence-corrected chi connectivity index (χ1v) is 12.6. The number of methoxy groups -OCH3 is 1. The number of nitrogens with one attached hydrogen (secondary N) is 1. The number of rotatable bonds is 11. The molecule has 0 unspecified atom stereocenters. The van der Waals surface area contributed by atoms with Gasteiger partial charge in [0.1, 0.15) is 23.6 Å². The van der Waals surface area contributed by atoms with Gasteiger partial charge in [0, 0.05) is 54.2 Å². The van der Waals surface area contributed by atoms with Crippen LogP contribution in [0.4, 0.5) is 18.9 Å². The van der Waals surface area contributed by atoms with Gasteiger partial charge in [-0.05, 0) is 74.5 Å². The molecule has 1 aliphatic rings. The number of pyridine rings is 1. The molecule has 6 nitrogen and oxygen atoms in total. The third-order valence-electron chi connectivity index (χ3n) is 7.48. The van der Waals surface area contributed by atoms with Crippen molar-refractivity contribution in [2.45, 2.75) is 38.5 Å². The van der Waals surface area contributed by atoms with Crippen molar-refractivity contribution < 1.29 is 28.1 Å². The molecule has 2 aromatic carbocycles. The topological polar surface area (TPSA) is 77.8 Å². The zero-order valence-electron chi connectivity index (χ0n) is 21.0. The molecule has 3 N–H and O–H groups in total. The van der Waals surface area contributed by atoms with Gasteiger partial charge in [-0.3, -0.25) is 4.98 Å². The molecule has 1 saturated heterocycles. The van der Waals surface area contributed by atoms with E-state index in [1.807, 2.05) is 0 Å². The van der Waals surface area contributed by atoms with E-state index in [0.717, 1.165) is 32.0 Å². The van der Waals surface area contributed by atoms with Gasteiger partial charge in [-0.15, -0.1) is 0 Å². The average Bonchev–Trinajstić information content (AvgIpc) is 2.91.